The second-order valence-electron chi connectivity index (χ2n) is 4.13. The molecule has 1 N–H and O–H groups in total. The van der Waals surface area contributed by atoms with Crippen LogP contribution in [0.5, 0.6) is 0 Å². The van der Waals surface area contributed by atoms with Crippen LogP contribution in [-0.4, -0.2) is 31.2 Å². The first-order valence-corrected chi connectivity index (χ1v) is 7.01. The Hall–Kier alpha value is -0.130. The number of pyridine rings is 1. The number of aromatic nitrogens is 1. The first-order chi connectivity index (χ1) is 7.66. The van der Waals surface area contributed by atoms with Crippen molar-refractivity contribution in [3.8, 4) is 0 Å². The molecule has 0 saturated carbocycles. The lowest BCUT2D eigenvalue weighted by Crippen LogP contribution is -2.35. The zero-order chi connectivity index (χ0) is 11.5. The average molecular weight is 349 g/mol. The van der Waals surface area contributed by atoms with Crippen molar-refractivity contribution in [2.24, 2.45) is 0 Å². The largest absolute Gasteiger partial charge is 0.357 e. The molecule has 2 rings (SSSR count). The van der Waals surface area contributed by atoms with E-state index in [0.717, 1.165) is 27.9 Å². The van der Waals surface area contributed by atoms with Gasteiger partial charge < -0.3 is 10.2 Å². The van der Waals surface area contributed by atoms with Gasteiger partial charge in [-0.15, -0.1) is 0 Å². The summed E-state index contributed by atoms with van der Waals surface area (Å²) >= 11 is 6.95. The molecule has 1 aliphatic heterocycles. The Labute approximate surface area is 113 Å². The summed E-state index contributed by atoms with van der Waals surface area (Å²) in [7, 11) is 2.08. The Balaban J connectivity index is 2.04. The fourth-order valence-corrected chi connectivity index (χ4v) is 3.31. The molecule has 1 fully saturated rings. The number of nitrogens with one attached hydrogen (secondary N) is 1. The van der Waals surface area contributed by atoms with Crippen LogP contribution in [0.1, 0.15) is 12.8 Å². The van der Waals surface area contributed by atoms with E-state index in [1.807, 2.05) is 12.3 Å². The highest BCUT2D eigenvalue weighted by molar-refractivity contribution is 9.11. The van der Waals surface area contributed by atoms with E-state index < -0.39 is 0 Å². The van der Waals surface area contributed by atoms with Gasteiger partial charge in [0.2, 0.25) is 0 Å². The molecule has 1 unspecified atom stereocenters. The Bertz CT molecular complexity index is 364. The highest BCUT2D eigenvalue weighted by Gasteiger charge is 2.17. The van der Waals surface area contributed by atoms with Crippen molar-refractivity contribution in [1.29, 1.82) is 0 Å². The molecule has 1 saturated heterocycles. The Kier molecular flexibility index (Phi) is 4.21. The molecule has 1 atom stereocenters. The number of nitrogens with zero attached hydrogens (tertiary/aromatic N) is 2. The topological polar surface area (TPSA) is 28.2 Å². The number of likely N-dealkylation sites (N-methyl/N-ethyl adjacent to an activating group) is 1. The summed E-state index contributed by atoms with van der Waals surface area (Å²) in [4.78, 5) is 6.62. The highest BCUT2D eigenvalue weighted by Crippen LogP contribution is 2.26. The summed E-state index contributed by atoms with van der Waals surface area (Å²) in [5, 5.41) is 3.49. The van der Waals surface area contributed by atoms with Gasteiger partial charge in [0, 0.05) is 30.3 Å². The van der Waals surface area contributed by atoms with E-state index in [0.29, 0.717) is 6.04 Å². The molecule has 88 valence electrons. The minimum absolute atomic E-state index is 0.599. The third kappa shape index (κ3) is 2.96. The average Bonchev–Trinajstić information content (AvgIpc) is 2.70. The van der Waals surface area contributed by atoms with Crippen LogP contribution in [0, 0.1) is 0 Å². The zero-order valence-corrected chi connectivity index (χ0v) is 12.4. The summed E-state index contributed by atoms with van der Waals surface area (Å²) < 4.78 is 2.03. The molecule has 5 heteroatoms. The van der Waals surface area contributed by atoms with Gasteiger partial charge >= 0.3 is 0 Å². The molecule has 0 spiro atoms. The summed E-state index contributed by atoms with van der Waals surface area (Å²) in [6.45, 7) is 2.15. The fraction of sp³-hybridized carbons (Fsp3) is 0.545. The van der Waals surface area contributed by atoms with Crippen LogP contribution in [0.15, 0.2) is 21.2 Å². The minimum atomic E-state index is 0.599. The molecule has 1 aromatic heterocycles. The van der Waals surface area contributed by atoms with Crippen molar-refractivity contribution in [2.45, 2.75) is 18.9 Å². The predicted molar refractivity (Wildman–Crippen MR) is 73.9 cm³/mol. The van der Waals surface area contributed by atoms with Gasteiger partial charge in [0.25, 0.3) is 0 Å². The van der Waals surface area contributed by atoms with Crippen LogP contribution in [-0.2, 0) is 0 Å². The number of halogens is 2. The van der Waals surface area contributed by atoms with Gasteiger partial charge in [-0.1, -0.05) is 0 Å². The molecule has 0 radical (unpaired) electrons. The quantitative estimate of drug-likeness (QED) is 0.910. The Morgan fingerprint density at radius 1 is 1.56 bits per heavy atom. The van der Waals surface area contributed by atoms with Gasteiger partial charge in [-0.05, 0) is 57.3 Å². The third-order valence-corrected chi connectivity index (χ3v) is 3.82. The second-order valence-corrected chi connectivity index (χ2v) is 5.90. The maximum Gasteiger partial charge on any atom is 0.142 e. The summed E-state index contributed by atoms with van der Waals surface area (Å²) in [5.41, 5.74) is 0. The van der Waals surface area contributed by atoms with Crippen LogP contribution in [0.4, 0.5) is 5.82 Å². The molecular weight excluding hydrogens is 334 g/mol. The van der Waals surface area contributed by atoms with Crippen molar-refractivity contribution >= 4 is 37.7 Å². The maximum atomic E-state index is 4.42. The smallest absolute Gasteiger partial charge is 0.142 e. The van der Waals surface area contributed by atoms with Crippen molar-refractivity contribution < 1.29 is 0 Å². The van der Waals surface area contributed by atoms with Gasteiger partial charge in [0.1, 0.15) is 5.82 Å². The van der Waals surface area contributed by atoms with E-state index in [-0.39, 0.29) is 0 Å². The molecule has 3 nitrogen and oxygen atoms in total. The molecule has 2 heterocycles. The molecule has 0 bridgehead atoms. The first kappa shape index (κ1) is 12.3. The molecule has 1 aromatic rings. The first-order valence-electron chi connectivity index (χ1n) is 5.42. The number of hydrogen-bond acceptors (Lipinski definition) is 3. The maximum absolute atomic E-state index is 4.42. The molecular formula is C11H15Br2N3. The number of rotatable bonds is 3. The normalized spacial score (nSPS) is 20.1. The summed E-state index contributed by atoms with van der Waals surface area (Å²) in [6.07, 6.45) is 4.38. The van der Waals surface area contributed by atoms with E-state index in [1.165, 1.54) is 12.8 Å². The summed E-state index contributed by atoms with van der Waals surface area (Å²) in [5.74, 6) is 0.997. The van der Waals surface area contributed by atoms with E-state index >= 15 is 0 Å². The van der Waals surface area contributed by atoms with Gasteiger partial charge in [-0.3, -0.25) is 0 Å². The monoisotopic (exact) mass is 347 g/mol. The van der Waals surface area contributed by atoms with Crippen LogP contribution in [0.25, 0.3) is 0 Å². The fourth-order valence-electron chi connectivity index (χ4n) is 2.02. The van der Waals surface area contributed by atoms with Gasteiger partial charge in [-0.25, -0.2) is 4.98 Å². The van der Waals surface area contributed by atoms with Crippen molar-refractivity contribution in [3.05, 3.63) is 21.2 Å². The van der Waals surface area contributed by atoms with Crippen LogP contribution < -0.4 is 10.2 Å². The lowest BCUT2D eigenvalue weighted by atomic mass is 10.2. The van der Waals surface area contributed by atoms with Crippen molar-refractivity contribution in [2.75, 3.05) is 25.0 Å². The summed E-state index contributed by atoms with van der Waals surface area (Å²) in [6, 6.07) is 2.63. The van der Waals surface area contributed by atoms with E-state index in [4.69, 9.17) is 0 Å². The van der Waals surface area contributed by atoms with E-state index in [2.05, 4.69) is 54.1 Å². The Morgan fingerprint density at radius 3 is 3.00 bits per heavy atom. The minimum Gasteiger partial charge on any atom is -0.357 e. The molecule has 1 aliphatic rings. The van der Waals surface area contributed by atoms with Crippen molar-refractivity contribution in [3.63, 3.8) is 0 Å². The lowest BCUT2D eigenvalue weighted by Gasteiger charge is -2.23. The third-order valence-electron chi connectivity index (χ3n) is 2.81. The standard InChI is InChI=1S/C11H15Br2N3/c1-16(7-9-3-2-4-14-9)11-10(13)5-8(12)6-15-11/h5-6,9,14H,2-4,7H2,1H3. The molecule has 0 aromatic carbocycles. The Morgan fingerprint density at radius 2 is 2.38 bits per heavy atom. The van der Waals surface area contributed by atoms with Gasteiger partial charge in [0.05, 0.1) is 4.47 Å². The van der Waals surface area contributed by atoms with Gasteiger partial charge in [-0.2, -0.15) is 0 Å². The zero-order valence-electron chi connectivity index (χ0n) is 9.21. The SMILES string of the molecule is CN(CC1CCCN1)c1ncc(Br)cc1Br. The molecule has 16 heavy (non-hydrogen) atoms. The molecule has 0 amide bonds. The van der Waals surface area contributed by atoms with Crippen LogP contribution >= 0.6 is 31.9 Å². The van der Waals surface area contributed by atoms with E-state index in [9.17, 15) is 0 Å². The van der Waals surface area contributed by atoms with E-state index in [1.54, 1.807) is 0 Å². The molecule has 0 aliphatic carbocycles. The number of anilines is 1. The predicted octanol–water partition coefficient (Wildman–Crippen LogP) is 2.79. The van der Waals surface area contributed by atoms with Crippen molar-refractivity contribution in [1.82, 2.24) is 10.3 Å². The number of hydrogen-bond donors (Lipinski definition) is 1. The lowest BCUT2D eigenvalue weighted by molar-refractivity contribution is 0.597. The second kappa shape index (κ2) is 5.47. The highest BCUT2D eigenvalue weighted by atomic mass is 79.9. The van der Waals surface area contributed by atoms with Crippen LogP contribution in [0.2, 0.25) is 0 Å². The van der Waals surface area contributed by atoms with Crippen LogP contribution in [0.3, 0.4) is 0 Å². The van der Waals surface area contributed by atoms with Gasteiger partial charge in [0.15, 0.2) is 0 Å².